The van der Waals surface area contributed by atoms with Crippen molar-refractivity contribution < 1.29 is 19.5 Å². The lowest BCUT2D eigenvalue weighted by atomic mass is 10.2. The molecule has 3 amide bonds. The minimum absolute atomic E-state index is 0.374. The van der Waals surface area contributed by atoms with E-state index in [1.54, 1.807) is 4.90 Å². The van der Waals surface area contributed by atoms with E-state index in [4.69, 9.17) is 10.8 Å². The van der Waals surface area contributed by atoms with Gasteiger partial charge in [-0.1, -0.05) is 6.92 Å². The zero-order valence-electron chi connectivity index (χ0n) is 10.8. The van der Waals surface area contributed by atoms with E-state index in [2.05, 4.69) is 5.32 Å². The Morgan fingerprint density at radius 3 is 2.74 bits per heavy atom. The van der Waals surface area contributed by atoms with Gasteiger partial charge in [-0.2, -0.15) is 11.8 Å². The van der Waals surface area contributed by atoms with Crippen LogP contribution < -0.4 is 11.1 Å². The lowest BCUT2D eigenvalue weighted by molar-refractivity contribution is -0.140. The molecule has 108 valence electrons. The number of nitrogens with one attached hydrogen (secondary N) is 1. The lowest BCUT2D eigenvalue weighted by Gasteiger charge is -2.32. The van der Waals surface area contributed by atoms with Crippen molar-refractivity contribution in [2.45, 2.75) is 31.1 Å². The van der Waals surface area contributed by atoms with Crippen molar-refractivity contribution in [1.29, 1.82) is 0 Å². The van der Waals surface area contributed by atoms with Gasteiger partial charge < -0.3 is 21.1 Å². The Balaban J connectivity index is 2.56. The Kier molecular flexibility index (Phi) is 5.94. The smallest absolute Gasteiger partial charge is 0.326 e. The van der Waals surface area contributed by atoms with Gasteiger partial charge in [-0.05, 0) is 6.42 Å². The van der Waals surface area contributed by atoms with Crippen molar-refractivity contribution >= 4 is 29.7 Å². The van der Waals surface area contributed by atoms with Crippen molar-refractivity contribution in [3.05, 3.63) is 0 Å². The van der Waals surface area contributed by atoms with Crippen LogP contribution in [0.3, 0.4) is 0 Å². The third-order valence-corrected chi connectivity index (χ3v) is 4.25. The SMILES string of the molecule is CCC1CN(C(=O)N[C@H](CC(N)=O)C(=O)O)CCS1. The van der Waals surface area contributed by atoms with Crippen molar-refractivity contribution in [1.82, 2.24) is 10.2 Å². The van der Waals surface area contributed by atoms with Crippen LogP contribution in [0.2, 0.25) is 0 Å². The normalized spacial score (nSPS) is 20.7. The highest BCUT2D eigenvalue weighted by Gasteiger charge is 2.27. The quantitative estimate of drug-likeness (QED) is 0.651. The maximum atomic E-state index is 11.9. The number of hydrogen-bond donors (Lipinski definition) is 3. The number of aliphatic carboxylic acids is 1. The molecule has 1 rings (SSSR count). The monoisotopic (exact) mass is 289 g/mol. The molecule has 8 heteroatoms. The lowest BCUT2D eigenvalue weighted by Crippen LogP contribution is -2.52. The molecule has 1 unspecified atom stereocenters. The molecule has 7 nitrogen and oxygen atoms in total. The minimum Gasteiger partial charge on any atom is -0.480 e. The second kappa shape index (κ2) is 7.22. The summed E-state index contributed by atoms with van der Waals surface area (Å²) < 4.78 is 0. The number of urea groups is 1. The summed E-state index contributed by atoms with van der Waals surface area (Å²) in [5.74, 6) is -1.18. The van der Waals surface area contributed by atoms with Crippen LogP contribution in [0.25, 0.3) is 0 Å². The van der Waals surface area contributed by atoms with Gasteiger partial charge in [-0.3, -0.25) is 4.79 Å². The van der Waals surface area contributed by atoms with Crippen LogP contribution in [0.15, 0.2) is 0 Å². The van der Waals surface area contributed by atoms with E-state index in [1.807, 2.05) is 18.7 Å². The van der Waals surface area contributed by atoms with Gasteiger partial charge in [0.25, 0.3) is 0 Å². The van der Waals surface area contributed by atoms with Gasteiger partial charge in [0, 0.05) is 24.1 Å². The average Bonchev–Trinajstić information content (AvgIpc) is 2.37. The molecule has 1 aliphatic heterocycles. The third-order valence-electron chi connectivity index (χ3n) is 2.88. The Morgan fingerprint density at radius 2 is 2.21 bits per heavy atom. The molecule has 0 aromatic heterocycles. The fourth-order valence-corrected chi connectivity index (χ4v) is 2.97. The van der Waals surface area contributed by atoms with Gasteiger partial charge in [0.15, 0.2) is 0 Å². The van der Waals surface area contributed by atoms with Crippen LogP contribution in [-0.4, -0.2) is 58.0 Å². The van der Waals surface area contributed by atoms with E-state index in [0.29, 0.717) is 18.3 Å². The fourth-order valence-electron chi connectivity index (χ4n) is 1.79. The van der Waals surface area contributed by atoms with E-state index in [1.165, 1.54) is 0 Å². The standard InChI is InChI=1S/C11H19N3O4S/c1-2-7-6-14(3-4-19-7)11(18)13-8(10(16)17)5-9(12)15/h7-8H,2-6H2,1H3,(H2,12,15)(H,13,18)(H,16,17)/t7?,8-/m1/s1. The second-order valence-electron chi connectivity index (χ2n) is 4.36. The molecule has 4 N–H and O–H groups in total. The molecular weight excluding hydrogens is 270 g/mol. The van der Waals surface area contributed by atoms with E-state index in [0.717, 1.165) is 12.2 Å². The molecule has 0 radical (unpaired) electrons. The topological polar surface area (TPSA) is 113 Å². The van der Waals surface area contributed by atoms with Crippen LogP contribution in [0.5, 0.6) is 0 Å². The minimum atomic E-state index is -1.26. The summed E-state index contributed by atoms with van der Waals surface area (Å²) >= 11 is 1.81. The van der Waals surface area contributed by atoms with Gasteiger partial charge >= 0.3 is 12.0 Å². The average molecular weight is 289 g/mol. The summed E-state index contributed by atoms with van der Waals surface area (Å²) in [5.41, 5.74) is 4.96. The molecular formula is C11H19N3O4S. The van der Waals surface area contributed by atoms with Crippen LogP contribution in [0.1, 0.15) is 19.8 Å². The first-order chi connectivity index (χ1) is 8.93. The summed E-state index contributed by atoms with van der Waals surface area (Å²) in [6, 6.07) is -1.72. The highest BCUT2D eigenvalue weighted by molar-refractivity contribution is 8.00. The number of hydrogen-bond acceptors (Lipinski definition) is 4. The first-order valence-electron chi connectivity index (χ1n) is 6.12. The van der Waals surface area contributed by atoms with Crippen molar-refractivity contribution in [3.63, 3.8) is 0 Å². The molecule has 1 aliphatic rings. The molecule has 0 aromatic rings. The molecule has 0 spiro atoms. The largest absolute Gasteiger partial charge is 0.480 e. The van der Waals surface area contributed by atoms with E-state index >= 15 is 0 Å². The molecule has 1 fully saturated rings. The summed E-state index contributed by atoms with van der Waals surface area (Å²) in [6.07, 6.45) is 0.555. The van der Waals surface area contributed by atoms with Gasteiger partial charge in [0.05, 0.1) is 6.42 Å². The molecule has 0 bridgehead atoms. The summed E-state index contributed by atoms with van der Waals surface area (Å²) in [4.78, 5) is 35.2. The Labute approximate surface area is 115 Å². The number of carbonyl (C=O) groups is 3. The summed E-state index contributed by atoms with van der Waals surface area (Å²) in [5, 5.41) is 11.6. The molecule has 0 aliphatic carbocycles. The Bertz CT molecular complexity index is 364. The van der Waals surface area contributed by atoms with E-state index in [9.17, 15) is 14.4 Å². The Hall–Kier alpha value is -1.44. The predicted molar refractivity (Wildman–Crippen MR) is 71.9 cm³/mol. The Morgan fingerprint density at radius 1 is 1.53 bits per heavy atom. The van der Waals surface area contributed by atoms with Gasteiger partial charge in [-0.25, -0.2) is 9.59 Å². The van der Waals surface area contributed by atoms with Gasteiger partial charge in [-0.15, -0.1) is 0 Å². The summed E-state index contributed by atoms with van der Waals surface area (Å²) in [7, 11) is 0. The molecule has 19 heavy (non-hydrogen) atoms. The number of amides is 3. The number of nitrogens with two attached hydrogens (primary N) is 1. The van der Waals surface area contributed by atoms with Crippen molar-refractivity contribution in [2.24, 2.45) is 5.73 Å². The van der Waals surface area contributed by atoms with Gasteiger partial charge in [0.2, 0.25) is 5.91 Å². The number of carbonyl (C=O) groups excluding carboxylic acids is 2. The highest BCUT2D eigenvalue weighted by Crippen LogP contribution is 2.21. The zero-order chi connectivity index (χ0) is 14.4. The molecule has 1 saturated heterocycles. The number of carboxylic acid groups (broad SMARTS) is 1. The number of nitrogens with zero attached hydrogens (tertiary/aromatic N) is 1. The first kappa shape index (κ1) is 15.6. The third kappa shape index (κ3) is 4.98. The van der Waals surface area contributed by atoms with Crippen LogP contribution in [0, 0.1) is 0 Å². The highest BCUT2D eigenvalue weighted by atomic mass is 32.2. The maximum Gasteiger partial charge on any atom is 0.326 e. The predicted octanol–water partition coefficient (Wildman–Crippen LogP) is -0.148. The van der Waals surface area contributed by atoms with Crippen molar-refractivity contribution in [3.8, 4) is 0 Å². The van der Waals surface area contributed by atoms with E-state index in [-0.39, 0.29) is 0 Å². The van der Waals surface area contributed by atoms with E-state index < -0.39 is 30.4 Å². The number of carboxylic acids is 1. The van der Waals surface area contributed by atoms with Crippen LogP contribution >= 0.6 is 11.8 Å². The molecule has 0 saturated carbocycles. The van der Waals surface area contributed by atoms with Crippen molar-refractivity contribution in [2.75, 3.05) is 18.8 Å². The zero-order valence-corrected chi connectivity index (χ0v) is 11.6. The number of rotatable bonds is 5. The molecule has 2 atom stereocenters. The fraction of sp³-hybridized carbons (Fsp3) is 0.727. The summed E-state index contributed by atoms with van der Waals surface area (Å²) in [6.45, 7) is 3.22. The molecule has 0 aromatic carbocycles. The second-order valence-corrected chi connectivity index (χ2v) is 5.77. The van der Waals surface area contributed by atoms with Crippen LogP contribution in [0.4, 0.5) is 4.79 Å². The molecule has 1 heterocycles. The maximum absolute atomic E-state index is 11.9. The number of primary amides is 1. The first-order valence-corrected chi connectivity index (χ1v) is 7.17. The number of thioether (sulfide) groups is 1. The van der Waals surface area contributed by atoms with Gasteiger partial charge in [0.1, 0.15) is 6.04 Å². The van der Waals surface area contributed by atoms with Crippen LogP contribution in [-0.2, 0) is 9.59 Å².